The molecule has 112 valence electrons. The SMILES string of the molecule is CCCNC(CSC1CCCCC1)c1cccc(C)c1. The zero-order valence-corrected chi connectivity index (χ0v) is 13.8. The topological polar surface area (TPSA) is 12.0 Å². The van der Waals surface area contributed by atoms with Crippen LogP contribution in [0.4, 0.5) is 0 Å². The average molecular weight is 292 g/mol. The van der Waals surface area contributed by atoms with E-state index in [0.29, 0.717) is 6.04 Å². The second-order valence-corrected chi connectivity index (χ2v) is 7.35. The first kappa shape index (κ1) is 15.9. The Kier molecular flexibility index (Phi) is 6.95. The van der Waals surface area contributed by atoms with E-state index in [0.717, 1.165) is 11.8 Å². The summed E-state index contributed by atoms with van der Waals surface area (Å²) in [5, 5.41) is 4.63. The highest BCUT2D eigenvalue weighted by atomic mass is 32.2. The summed E-state index contributed by atoms with van der Waals surface area (Å²) in [4.78, 5) is 0. The number of rotatable bonds is 7. The molecule has 0 heterocycles. The monoisotopic (exact) mass is 291 g/mol. The fraction of sp³-hybridized carbons (Fsp3) is 0.667. The third-order valence-corrected chi connectivity index (χ3v) is 5.60. The Hall–Kier alpha value is -0.470. The summed E-state index contributed by atoms with van der Waals surface area (Å²) >= 11 is 2.19. The average Bonchev–Trinajstić information content (AvgIpc) is 2.48. The van der Waals surface area contributed by atoms with Gasteiger partial charge in [0.2, 0.25) is 0 Å². The van der Waals surface area contributed by atoms with Crippen molar-refractivity contribution >= 4 is 11.8 Å². The zero-order valence-electron chi connectivity index (χ0n) is 13.0. The van der Waals surface area contributed by atoms with Gasteiger partial charge in [-0.25, -0.2) is 0 Å². The highest BCUT2D eigenvalue weighted by Crippen LogP contribution is 2.31. The molecule has 1 N–H and O–H groups in total. The van der Waals surface area contributed by atoms with Gasteiger partial charge in [0.25, 0.3) is 0 Å². The van der Waals surface area contributed by atoms with Gasteiger partial charge in [-0.1, -0.05) is 56.0 Å². The van der Waals surface area contributed by atoms with Crippen molar-refractivity contribution in [1.82, 2.24) is 5.32 Å². The molecule has 1 aromatic carbocycles. The first-order valence-corrected chi connectivity index (χ1v) is 9.26. The quantitative estimate of drug-likeness (QED) is 0.750. The summed E-state index contributed by atoms with van der Waals surface area (Å²) in [6, 6.07) is 9.52. The van der Waals surface area contributed by atoms with Gasteiger partial charge in [0.1, 0.15) is 0 Å². The summed E-state index contributed by atoms with van der Waals surface area (Å²) in [6.07, 6.45) is 8.39. The smallest absolute Gasteiger partial charge is 0.0412 e. The van der Waals surface area contributed by atoms with Crippen LogP contribution in [0.3, 0.4) is 0 Å². The van der Waals surface area contributed by atoms with Gasteiger partial charge in [0.05, 0.1) is 0 Å². The lowest BCUT2D eigenvalue weighted by atomic mass is 10.0. The van der Waals surface area contributed by atoms with Crippen LogP contribution in [0.25, 0.3) is 0 Å². The number of nitrogens with one attached hydrogen (secondary N) is 1. The highest BCUT2D eigenvalue weighted by molar-refractivity contribution is 7.99. The molecule has 1 saturated carbocycles. The summed E-state index contributed by atoms with van der Waals surface area (Å²) in [6.45, 7) is 5.55. The Morgan fingerprint density at radius 3 is 2.75 bits per heavy atom. The van der Waals surface area contributed by atoms with Crippen molar-refractivity contribution in [3.8, 4) is 0 Å². The van der Waals surface area contributed by atoms with E-state index in [1.165, 1.54) is 55.4 Å². The molecule has 0 aromatic heterocycles. The first-order valence-electron chi connectivity index (χ1n) is 8.21. The second kappa shape index (κ2) is 8.74. The molecule has 20 heavy (non-hydrogen) atoms. The molecule has 0 aliphatic heterocycles. The van der Waals surface area contributed by atoms with Crippen LogP contribution in [-0.2, 0) is 0 Å². The molecule has 1 aliphatic rings. The molecule has 0 radical (unpaired) electrons. The van der Waals surface area contributed by atoms with Gasteiger partial charge in [-0.05, 0) is 38.3 Å². The van der Waals surface area contributed by atoms with Crippen molar-refractivity contribution in [3.63, 3.8) is 0 Å². The van der Waals surface area contributed by atoms with Crippen molar-refractivity contribution in [1.29, 1.82) is 0 Å². The lowest BCUT2D eigenvalue weighted by molar-refractivity contribution is 0.513. The fourth-order valence-electron chi connectivity index (χ4n) is 2.94. The predicted molar refractivity (Wildman–Crippen MR) is 91.5 cm³/mol. The summed E-state index contributed by atoms with van der Waals surface area (Å²) in [5.41, 5.74) is 2.83. The second-order valence-electron chi connectivity index (χ2n) is 6.01. The van der Waals surface area contributed by atoms with Crippen molar-refractivity contribution in [2.75, 3.05) is 12.3 Å². The van der Waals surface area contributed by atoms with E-state index in [1.807, 2.05) is 0 Å². The maximum Gasteiger partial charge on any atom is 0.0412 e. The Balaban J connectivity index is 1.92. The molecule has 1 unspecified atom stereocenters. The van der Waals surface area contributed by atoms with E-state index in [-0.39, 0.29) is 0 Å². The van der Waals surface area contributed by atoms with E-state index in [9.17, 15) is 0 Å². The third kappa shape index (κ3) is 5.14. The molecule has 0 spiro atoms. The van der Waals surface area contributed by atoms with Crippen LogP contribution >= 0.6 is 11.8 Å². The summed E-state index contributed by atoms with van der Waals surface area (Å²) < 4.78 is 0. The van der Waals surface area contributed by atoms with E-state index >= 15 is 0 Å². The van der Waals surface area contributed by atoms with Gasteiger partial charge in [-0.2, -0.15) is 11.8 Å². The lowest BCUT2D eigenvalue weighted by Crippen LogP contribution is -2.25. The van der Waals surface area contributed by atoms with Crippen LogP contribution < -0.4 is 5.32 Å². The van der Waals surface area contributed by atoms with Crippen LogP contribution in [0, 0.1) is 6.92 Å². The van der Waals surface area contributed by atoms with Crippen LogP contribution in [0.5, 0.6) is 0 Å². The molecule has 1 fully saturated rings. The Morgan fingerprint density at radius 2 is 2.05 bits per heavy atom. The fourth-order valence-corrected chi connectivity index (χ4v) is 4.38. The molecule has 0 amide bonds. The number of thioether (sulfide) groups is 1. The molecule has 0 bridgehead atoms. The molecule has 1 aromatic rings. The maximum atomic E-state index is 3.73. The predicted octanol–water partition coefficient (Wildman–Crippen LogP) is 5.10. The largest absolute Gasteiger partial charge is 0.309 e. The lowest BCUT2D eigenvalue weighted by Gasteiger charge is -2.25. The molecule has 2 heteroatoms. The van der Waals surface area contributed by atoms with Gasteiger partial charge in [0, 0.05) is 17.0 Å². The van der Waals surface area contributed by atoms with Gasteiger partial charge in [-0.15, -0.1) is 0 Å². The van der Waals surface area contributed by atoms with Crippen LogP contribution in [-0.4, -0.2) is 17.5 Å². The number of benzene rings is 1. The number of hydrogen-bond acceptors (Lipinski definition) is 2. The number of hydrogen-bond donors (Lipinski definition) is 1. The molecule has 1 aliphatic carbocycles. The van der Waals surface area contributed by atoms with E-state index in [1.54, 1.807) is 0 Å². The highest BCUT2D eigenvalue weighted by Gasteiger charge is 2.17. The minimum atomic E-state index is 0.516. The molecule has 1 nitrogen and oxygen atoms in total. The Bertz CT molecular complexity index is 385. The van der Waals surface area contributed by atoms with Crippen molar-refractivity contribution in [2.45, 2.75) is 63.7 Å². The maximum absolute atomic E-state index is 3.73. The van der Waals surface area contributed by atoms with Gasteiger partial charge >= 0.3 is 0 Å². The van der Waals surface area contributed by atoms with Gasteiger partial charge < -0.3 is 5.32 Å². The standard InChI is InChI=1S/C18H29NS/c1-3-12-19-18(16-9-7-8-15(2)13-16)14-20-17-10-5-4-6-11-17/h7-9,13,17-19H,3-6,10-12,14H2,1-2H3. The summed E-state index contributed by atoms with van der Waals surface area (Å²) in [7, 11) is 0. The molecular formula is C18H29NS. The minimum absolute atomic E-state index is 0.516. The first-order chi connectivity index (χ1) is 9.79. The van der Waals surface area contributed by atoms with Gasteiger partial charge in [-0.3, -0.25) is 0 Å². The zero-order chi connectivity index (χ0) is 14.2. The van der Waals surface area contributed by atoms with Crippen molar-refractivity contribution in [2.24, 2.45) is 0 Å². The Labute approximate surface area is 128 Å². The Morgan fingerprint density at radius 1 is 1.25 bits per heavy atom. The normalized spacial score (nSPS) is 18.1. The van der Waals surface area contributed by atoms with Crippen LogP contribution in [0.15, 0.2) is 24.3 Å². The molecule has 2 rings (SSSR count). The van der Waals surface area contributed by atoms with Crippen LogP contribution in [0.2, 0.25) is 0 Å². The van der Waals surface area contributed by atoms with E-state index in [2.05, 4.69) is 55.2 Å². The molecular weight excluding hydrogens is 262 g/mol. The van der Waals surface area contributed by atoms with Crippen molar-refractivity contribution < 1.29 is 0 Å². The third-order valence-electron chi connectivity index (χ3n) is 4.14. The van der Waals surface area contributed by atoms with Gasteiger partial charge in [0.15, 0.2) is 0 Å². The minimum Gasteiger partial charge on any atom is -0.309 e. The number of aryl methyl sites for hydroxylation is 1. The molecule has 0 saturated heterocycles. The summed E-state index contributed by atoms with van der Waals surface area (Å²) in [5.74, 6) is 1.22. The van der Waals surface area contributed by atoms with Crippen molar-refractivity contribution in [3.05, 3.63) is 35.4 Å². The van der Waals surface area contributed by atoms with E-state index in [4.69, 9.17) is 0 Å². The van der Waals surface area contributed by atoms with E-state index < -0.39 is 0 Å². The van der Waals surface area contributed by atoms with Crippen LogP contribution in [0.1, 0.15) is 62.6 Å². The molecule has 1 atom stereocenters.